The van der Waals surface area contributed by atoms with E-state index in [1.54, 1.807) is 32.9 Å². The maximum Gasteiger partial charge on any atom is 0.379 e. The first-order chi connectivity index (χ1) is 9.42. The lowest BCUT2D eigenvalue weighted by atomic mass is 10.1. The van der Waals surface area contributed by atoms with E-state index in [-0.39, 0.29) is 6.61 Å². The lowest BCUT2D eigenvalue weighted by Gasteiger charge is -2.27. The number of rotatable bonds is 7. The Labute approximate surface area is 120 Å². The van der Waals surface area contributed by atoms with Crippen LogP contribution in [0.2, 0.25) is 0 Å². The van der Waals surface area contributed by atoms with Crippen molar-refractivity contribution in [1.29, 1.82) is 0 Å². The Balaban J connectivity index is 2.89. The van der Waals surface area contributed by atoms with Gasteiger partial charge in [0.25, 0.3) is 0 Å². The molecule has 0 radical (unpaired) electrons. The summed E-state index contributed by atoms with van der Waals surface area (Å²) in [5.74, 6) is -1.43. The molecular formula is C16H22O4. The fourth-order valence-electron chi connectivity index (χ4n) is 1.70. The van der Waals surface area contributed by atoms with E-state index in [1.807, 2.05) is 19.1 Å². The molecule has 0 saturated carbocycles. The largest absolute Gasteiger partial charge is 0.461 e. The molecule has 1 atom stereocenters. The molecule has 0 heterocycles. The van der Waals surface area contributed by atoms with Gasteiger partial charge in [-0.3, -0.25) is 0 Å². The molecule has 4 heteroatoms. The van der Waals surface area contributed by atoms with E-state index in [9.17, 15) is 4.79 Å². The molecule has 0 aliphatic rings. The van der Waals surface area contributed by atoms with Crippen LogP contribution < -0.4 is 4.74 Å². The highest BCUT2D eigenvalue weighted by Crippen LogP contribution is 2.23. The topological polar surface area (TPSA) is 44.8 Å². The van der Waals surface area contributed by atoms with Gasteiger partial charge in [0.1, 0.15) is 5.75 Å². The smallest absolute Gasteiger partial charge is 0.379 e. The van der Waals surface area contributed by atoms with Gasteiger partial charge >= 0.3 is 11.8 Å². The normalized spacial score (nSPS) is 13.4. The summed E-state index contributed by atoms with van der Waals surface area (Å²) in [5.41, 5.74) is 1.99. The average molecular weight is 278 g/mol. The van der Waals surface area contributed by atoms with Crippen molar-refractivity contribution < 1.29 is 19.0 Å². The van der Waals surface area contributed by atoms with Gasteiger partial charge in [0.15, 0.2) is 0 Å². The maximum atomic E-state index is 11.9. The van der Waals surface area contributed by atoms with Gasteiger partial charge in [-0.2, -0.15) is 0 Å². The second-order valence-corrected chi connectivity index (χ2v) is 4.51. The van der Waals surface area contributed by atoms with Gasteiger partial charge < -0.3 is 14.2 Å². The zero-order valence-electron chi connectivity index (χ0n) is 12.6. The van der Waals surface area contributed by atoms with E-state index in [0.717, 1.165) is 11.1 Å². The Morgan fingerprint density at radius 3 is 2.25 bits per heavy atom. The summed E-state index contributed by atoms with van der Waals surface area (Å²) >= 11 is 0. The first kappa shape index (κ1) is 16.2. The first-order valence-corrected chi connectivity index (χ1v) is 6.69. The summed E-state index contributed by atoms with van der Waals surface area (Å²) in [6, 6.07) is 7.32. The first-order valence-electron chi connectivity index (χ1n) is 6.69. The van der Waals surface area contributed by atoms with Gasteiger partial charge in [0.2, 0.25) is 0 Å². The highest BCUT2D eigenvalue weighted by atomic mass is 16.7. The van der Waals surface area contributed by atoms with Crippen molar-refractivity contribution in [3.05, 3.63) is 36.4 Å². The molecule has 1 aromatic carbocycles. The number of hydrogen-bond acceptors (Lipinski definition) is 4. The van der Waals surface area contributed by atoms with Crippen molar-refractivity contribution in [1.82, 2.24) is 0 Å². The molecule has 4 nitrogen and oxygen atoms in total. The zero-order valence-corrected chi connectivity index (χ0v) is 12.6. The van der Waals surface area contributed by atoms with Crippen molar-refractivity contribution in [3.8, 4) is 5.75 Å². The monoisotopic (exact) mass is 278 g/mol. The standard InChI is InChI=1S/C16H22O4/c1-6-18-15(17)16(5,19-7-2)20-14-10-8-13(9-11-14)12(3)4/h8-11H,3,6-7H2,1-2,4-5H3. The molecule has 0 bridgehead atoms. The molecule has 1 aromatic rings. The number of carbonyl (C=O) groups excluding carboxylic acids is 1. The molecule has 0 aliphatic carbocycles. The third-order valence-electron chi connectivity index (χ3n) is 2.73. The Morgan fingerprint density at radius 1 is 1.20 bits per heavy atom. The van der Waals surface area contributed by atoms with Crippen LogP contribution in [0.1, 0.15) is 33.3 Å². The van der Waals surface area contributed by atoms with Crippen molar-refractivity contribution in [2.75, 3.05) is 13.2 Å². The van der Waals surface area contributed by atoms with Crippen LogP contribution in [0.5, 0.6) is 5.75 Å². The fraction of sp³-hybridized carbons (Fsp3) is 0.438. The van der Waals surface area contributed by atoms with Crippen LogP contribution >= 0.6 is 0 Å². The van der Waals surface area contributed by atoms with E-state index < -0.39 is 11.8 Å². The lowest BCUT2D eigenvalue weighted by Crippen LogP contribution is -2.45. The van der Waals surface area contributed by atoms with Crippen LogP contribution in [0.25, 0.3) is 5.57 Å². The van der Waals surface area contributed by atoms with Crippen molar-refractivity contribution in [2.45, 2.75) is 33.5 Å². The van der Waals surface area contributed by atoms with Gasteiger partial charge in [-0.25, -0.2) is 4.79 Å². The second kappa shape index (κ2) is 7.10. The number of carbonyl (C=O) groups is 1. The van der Waals surface area contributed by atoms with Gasteiger partial charge in [-0.15, -0.1) is 0 Å². The van der Waals surface area contributed by atoms with E-state index in [4.69, 9.17) is 14.2 Å². The van der Waals surface area contributed by atoms with Crippen LogP contribution in [0.3, 0.4) is 0 Å². The molecule has 20 heavy (non-hydrogen) atoms. The molecule has 1 rings (SSSR count). The molecule has 1 unspecified atom stereocenters. The molecule has 0 fully saturated rings. The molecule has 0 saturated heterocycles. The van der Waals surface area contributed by atoms with E-state index in [1.165, 1.54) is 0 Å². The average Bonchev–Trinajstić information content (AvgIpc) is 2.39. The Hall–Kier alpha value is -1.81. The highest BCUT2D eigenvalue weighted by molar-refractivity contribution is 5.77. The number of esters is 1. The van der Waals surface area contributed by atoms with Crippen molar-refractivity contribution >= 4 is 11.5 Å². The summed E-state index contributed by atoms with van der Waals surface area (Å²) in [7, 11) is 0. The Kier molecular flexibility index (Phi) is 5.77. The summed E-state index contributed by atoms with van der Waals surface area (Å²) in [4.78, 5) is 11.9. The SMILES string of the molecule is C=C(C)c1ccc(OC(C)(OCC)C(=O)OCC)cc1. The molecule has 0 N–H and O–H groups in total. The predicted molar refractivity (Wildman–Crippen MR) is 78.4 cm³/mol. The van der Waals surface area contributed by atoms with Gasteiger partial charge in [0, 0.05) is 13.5 Å². The van der Waals surface area contributed by atoms with E-state index in [0.29, 0.717) is 12.4 Å². The molecule has 0 spiro atoms. The van der Waals surface area contributed by atoms with Gasteiger partial charge in [-0.1, -0.05) is 24.3 Å². The Morgan fingerprint density at radius 2 is 1.80 bits per heavy atom. The van der Waals surface area contributed by atoms with Gasteiger partial charge in [0.05, 0.1) is 6.61 Å². The van der Waals surface area contributed by atoms with Gasteiger partial charge in [-0.05, 0) is 38.5 Å². The van der Waals surface area contributed by atoms with Crippen molar-refractivity contribution in [3.63, 3.8) is 0 Å². The zero-order chi connectivity index (χ0) is 15.2. The highest BCUT2D eigenvalue weighted by Gasteiger charge is 2.38. The summed E-state index contributed by atoms with van der Waals surface area (Å²) in [5, 5.41) is 0. The lowest BCUT2D eigenvalue weighted by molar-refractivity contribution is -0.209. The minimum Gasteiger partial charge on any atom is -0.461 e. The minimum absolute atomic E-state index is 0.277. The van der Waals surface area contributed by atoms with Crippen LogP contribution in [-0.4, -0.2) is 25.0 Å². The van der Waals surface area contributed by atoms with Crippen LogP contribution in [0.4, 0.5) is 0 Å². The Bertz CT molecular complexity index is 464. The molecular weight excluding hydrogens is 256 g/mol. The third kappa shape index (κ3) is 4.10. The summed E-state index contributed by atoms with van der Waals surface area (Å²) in [6.07, 6.45) is 0. The molecule has 0 aliphatic heterocycles. The maximum absolute atomic E-state index is 11.9. The third-order valence-corrected chi connectivity index (χ3v) is 2.73. The quantitative estimate of drug-likeness (QED) is 0.566. The van der Waals surface area contributed by atoms with E-state index in [2.05, 4.69) is 6.58 Å². The fourth-order valence-corrected chi connectivity index (χ4v) is 1.70. The molecule has 110 valence electrons. The van der Waals surface area contributed by atoms with E-state index >= 15 is 0 Å². The molecule has 0 amide bonds. The number of benzene rings is 1. The van der Waals surface area contributed by atoms with Crippen molar-refractivity contribution in [2.24, 2.45) is 0 Å². The number of allylic oxidation sites excluding steroid dienone is 1. The van der Waals surface area contributed by atoms with Crippen LogP contribution in [-0.2, 0) is 14.3 Å². The molecule has 0 aromatic heterocycles. The minimum atomic E-state index is -1.44. The predicted octanol–water partition coefficient (Wildman–Crippen LogP) is 3.41. The summed E-state index contributed by atoms with van der Waals surface area (Å²) in [6.45, 7) is 11.5. The summed E-state index contributed by atoms with van der Waals surface area (Å²) < 4.78 is 16.1. The van der Waals surface area contributed by atoms with Crippen LogP contribution in [0.15, 0.2) is 30.8 Å². The number of hydrogen-bond donors (Lipinski definition) is 0. The number of ether oxygens (including phenoxy) is 3. The van der Waals surface area contributed by atoms with Crippen LogP contribution in [0, 0.1) is 0 Å². The second-order valence-electron chi connectivity index (χ2n) is 4.51.